The molecule has 0 spiro atoms. The number of hydrogen-bond acceptors (Lipinski definition) is 6. The highest BCUT2D eigenvalue weighted by molar-refractivity contribution is 5.77. The molecule has 7 nitrogen and oxygen atoms in total. The fourth-order valence-electron chi connectivity index (χ4n) is 0.878. The first-order chi connectivity index (χ1) is 7.74. The molecule has 1 rings (SSSR count). The van der Waals surface area contributed by atoms with Crippen molar-refractivity contribution in [1.29, 1.82) is 0 Å². The zero-order valence-corrected chi connectivity index (χ0v) is 8.37. The van der Waals surface area contributed by atoms with Gasteiger partial charge in [0.05, 0.1) is 19.2 Å². The molecule has 0 fully saturated rings. The molecule has 0 aliphatic heterocycles. The molecule has 1 aromatic rings. The molecule has 0 amide bonds. The number of hydrazone groups is 1. The first-order valence-electron chi connectivity index (χ1n) is 4.51. The van der Waals surface area contributed by atoms with E-state index in [-0.39, 0.29) is 12.5 Å². The van der Waals surface area contributed by atoms with Crippen molar-refractivity contribution in [3.05, 3.63) is 34.1 Å². The van der Waals surface area contributed by atoms with Gasteiger partial charge in [0.1, 0.15) is 10.7 Å². The summed E-state index contributed by atoms with van der Waals surface area (Å²) in [6.07, 6.45) is 4.55. The van der Waals surface area contributed by atoms with Crippen molar-refractivity contribution in [2.24, 2.45) is 5.10 Å². The lowest BCUT2D eigenvalue weighted by Crippen LogP contribution is -2.10. The molecule has 0 saturated carbocycles. The Hall–Kier alpha value is -2.15. The molecule has 0 atom stereocenters. The van der Waals surface area contributed by atoms with Crippen LogP contribution in [0.2, 0.25) is 0 Å². The number of aliphatic hydroxyl groups excluding tert-OH is 1. The molecule has 7 heteroatoms. The predicted octanol–water partition coefficient (Wildman–Crippen LogP) is 0.769. The quantitative estimate of drug-likeness (QED) is 0.322. The number of rotatable bonds is 6. The van der Waals surface area contributed by atoms with E-state index in [1.807, 2.05) is 0 Å². The van der Waals surface area contributed by atoms with Gasteiger partial charge in [-0.2, -0.15) is 5.10 Å². The van der Waals surface area contributed by atoms with Gasteiger partial charge in [0.2, 0.25) is 0 Å². The molecule has 0 aliphatic carbocycles. The van der Waals surface area contributed by atoms with Gasteiger partial charge in [-0.25, -0.2) is 0 Å². The third kappa shape index (κ3) is 3.93. The maximum atomic E-state index is 10.3. The van der Waals surface area contributed by atoms with Crippen molar-refractivity contribution < 1.29 is 14.4 Å². The minimum absolute atomic E-state index is 0.00539. The van der Waals surface area contributed by atoms with Gasteiger partial charge in [-0.05, 0) is 18.2 Å². The van der Waals surface area contributed by atoms with Crippen LogP contribution in [0.15, 0.2) is 27.7 Å². The number of nitrogens with zero attached hydrogens (tertiary/aromatic N) is 2. The Balaban J connectivity index is 2.43. The second kappa shape index (κ2) is 6.36. The number of aliphatic hydroxyl groups is 1. The number of allylic oxidation sites excluding steroid dienone is 1. The van der Waals surface area contributed by atoms with E-state index in [2.05, 4.69) is 10.5 Å². The van der Waals surface area contributed by atoms with Crippen LogP contribution in [0.5, 0.6) is 0 Å². The highest BCUT2D eigenvalue weighted by atomic mass is 16.6. The van der Waals surface area contributed by atoms with Crippen LogP contribution in [-0.2, 0) is 0 Å². The molecule has 16 heavy (non-hydrogen) atoms. The highest BCUT2D eigenvalue weighted by Gasteiger charge is 2.09. The van der Waals surface area contributed by atoms with E-state index in [1.54, 1.807) is 6.08 Å². The molecule has 1 aromatic heterocycles. The van der Waals surface area contributed by atoms with Crippen LogP contribution >= 0.6 is 0 Å². The van der Waals surface area contributed by atoms with E-state index in [0.717, 1.165) is 0 Å². The summed E-state index contributed by atoms with van der Waals surface area (Å²) in [5.41, 5.74) is 2.57. The lowest BCUT2D eigenvalue weighted by Gasteiger charge is -1.91. The van der Waals surface area contributed by atoms with Crippen molar-refractivity contribution >= 4 is 18.2 Å². The second-order valence-corrected chi connectivity index (χ2v) is 2.70. The Morgan fingerprint density at radius 1 is 1.62 bits per heavy atom. The molecule has 1 heterocycles. The van der Waals surface area contributed by atoms with Gasteiger partial charge in [-0.1, -0.05) is 0 Å². The average molecular weight is 225 g/mol. The van der Waals surface area contributed by atoms with Gasteiger partial charge in [0.15, 0.2) is 0 Å². The number of furan rings is 1. The van der Waals surface area contributed by atoms with Gasteiger partial charge in [-0.3, -0.25) is 10.1 Å². The second-order valence-electron chi connectivity index (χ2n) is 2.70. The lowest BCUT2D eigenvalue weighted by molar-refractivity contribution is -0.402. The maximum Gasteiger partial charge on any atom is 0.433 e. The van der Waals surface area contributed by atoms with Crippen molar-refractivity contribution in [1.82, 2.24) is 5.43 Å². The van der Waals surface area contributed by atoms with Crippen LogP contribution in [0.4, 0.5) is 5.88 Å². The third-order valence-electron chi connectivity index (χ3n) is 1.53. The van der Waals surface area contributed by atoms with Crippen molar-refractivity contribution in [3.8, 4) is 0 Å². The number of nitrogens with one attached hydrogen (secondary N) is 1. The van der Waals surface area contributed by atoms with E-state index in [4.69, 9.17) is 9.52 Å². The van der Waals surface area contributed by atoms with E-state index in [0.29, 0.717) is 12.3 Å². The van der Waals surface area contributed by atoms with Crippen LogP contribution < -0.4 is 5.43 Å². The van der Waals surface area contributed by atoms with Crippen LogP contribution in [0, 0.1) is 10.1 Å². The summed E-state index contributed by atoms with van der Waals surface area (Å²) in [4.78, 5) is 9.69. The minimum atomic E-state index is -0.603. The third-order valence-corrected chi connectivity index (χ3v) is 1.53. The van der Waals surface area contributed by atoms with Crippen LogP contribution in [0.1, 0.15) is 5.76 Å². The Morgan fingerprint density at radius 2 is 2.44 bits per heavy atom. The molecule has 86 valence electrons. The fraction of sp³-hybridized carbons (Fsp3) is 0.222. The van der Waals surface area contributed by atoms with Crippen LogP contribution in [0.3, 0.4) is 0 Å². The Kier molecular flexibility index (Phi) is 4.74. The number of nitro groups is 1. The Bertz CT molecular complexity index is 397. The Labute approximate surface area is 91.2 Å². The van der Waals surface area contributed by atoms with Crippen LogP contribution in [0.25, 0.3) is 6.08 Å². The van der Waals surface area contributed by atoms with Crippen molar-refractivity contribution in [2.45, 2.75) is 0 Å². The molecule has 0 radical (unpaired) electrons. The predicted molar refractivity (Wildman–Crippen MR) is 58.0 cm³/mol. The normalized spacial score (nSPS) is 11.3. The molecule has 0 bridgehead atoms. The van der Waals surface area contributed by atoms with Crippen molar-refractivity contribution in [3.63, 3.8) is 0 Å². The lowest BCUT2D eigenvalue weighted by atomic mass is 10.4. The molecular formula is C9H11N3O4. The van der Waals surface area contributed by atoms with E-state index in [1.165, 1.54) is 24.4 Å². The summed E-state index contributed by atoms with van der Waals surface area (Å²) < 4.78 is 4.86. The fourth-order valence-corrected chi connectivity index (χ4v) is 0.878. The van der Waals surface area contributed by atoms with Crippen molar-refractivity contribution in [2.75, 3.05) is 13.2 Å². The zero-order valence-electron chi connectivity index (χ0n) is 8.37. The molecule has 0 saturated heterocycles. The van der Waals surface area contributed by atoms with E-state index < -0.39 is 4.92 Å². The Morgan fingerprint density at radius 3 is 3.06 bits per heavy atom. The highest BCUT2D eigenvalue weighted by Crippen LogP contribution is 2.16. The standard InChI is InChI=1S/C9H11N3O4/c13-7-6-11-10-5-1-2-8-3-4-9(16-8)12(14)15/h1-5,11,13H,6-7H2/b2-1+,10-5-. The van der Waals surface area contributed by atoms with E-state index >= 15 is 0 Å². The van der Waals surface area contributed by atoms with Gasteiger partial charge in [-0.15, -0.1) is 0 Å². The van der Waals surface area contributed by atoms with Gasteiger partial charge in [0, 0.05) is 6.21 Å². The topological polar surface area (TPSA) is 101 Å². The first-order valence-corrected chi connectivity index (χ1v) is 4.51. The summed E-state index contributed by atoms with van der Waals surface area (Å²) in [7, 11) is 0. The number of hydrogen-bond donors (Lipinski definition) is 2. The monoisotopic (exact) mass is 225 g/mol. The van der Waals surface area contributed by atoms with Gasteiger partial charge >= 0.3 is 5.88 Å². The molecule has 0 aliphatic rings. The maximum absolute atomic E-state index is 10.3. The zero-order chi connectivity index (χ0) is 11.8. The molecule has 0 aromatic carbocycles. The van der Waals surface area contributed by atoms with Gasteiger partial charge < -0.3 is 14.9 Å². The summed E-state index contributed by atoms with van der Waals surface area (Å²) in [5.74, 6) is 0.0790. The summed E-state index contributed by atoms with van der Waals surface area (Å²) in [5, 5.41) is 22.4. The largest absolute Gasteiger partial charge is 0.433 e. The molecule has 2 N–H and O–H groups in total. The summed E-state index contributed by atoms with van der Waals surface area (Å²) in [6.45, 7) is 0.377. The minimum Gasteiger partial charge on any atom is -0.401 e. The SMILES string of the molecule is O=[N+]([O-])c1ccc(/C=C/C=N\NCCO)o1. The smallest absolute Gasteiger partial charge is 0.401 e. The summed E-state index contributed by atoms with van der Waals surface area (Å²) >= 11 is 0. The molecule has 0 unspecified atom stereocenters. The van der Waals surface area contributed by atoms with Gasteiger partial charge in [0.25, 0.3) is 0 Å². The average Bonchev–Trinajstić information content (AvgIpc) is 2.72. The summed E-state index contributed by atoms with van der Waals surface area (Å²) in [6, 6.07) is 2.77. The first kappa shape index (κ1) is 11.9. The van der Waals surface area contributed by atoms with E-state index in [9.17, 15) is 10.1 Å². The van der Waals surface area contributed by atoms with Crippen LogP contribution in [-0.4, -0.2) is 29.4 Å². The molecular weight excluding hydrogens is 214 g/mol.